The van der Waals surface area contributed by atoms with Crippen molar-refractivity contribution in [2.24, 2.45) is 11.3 Å². The number of aromatic nitrogens is 1. The van der Waals surface area contributed by atoms with E-state index in [-0.39, 0.29) is 24.3 Å². The molecule has 3 fully saturated rings. The van der Waals surface area contributed by atoms with Gasteiger partial charge in [-0.05, 0) is 61.1 Å². The Morgan fingerprint density at radius 3 is 2.31 bits per heavy atom. The average Bonchev–Trinajstić information content (AvgIpc) is 4.13. The topological polar surface area (TPSA) is 190 Å². The van der Waals surface area contributed by atoms with Gasteiger partial charge in [0.05, 0.1) is 35.0 Å². The Hall–Kier alpha value is -5.39. The van der Waals surface area contributed by atoms with Gasteiger partial charge in [-0.3, -0.25) is 19.1 Å². The minimum absolute atomic E-state index is 0.0751. The van der Waals surface area contributed by atoms with Crippen LogP contribution in [0.3, 0.4) is 0 Å². The van der Waals surface area contributed by atoms with Crippen LogP contribution in [0.1, 0.15) is 46.5 Å². The number of ether oxygens (including phenoxy) is 2. The van der Waals surface area contributed by atoms with Gasteiger partial charge < -0.3 is 19.7 Å². The third kappa shape index (κ3) is 8.68. The molecule has 1 aliphatic heterocycles. The normalized spacial score (nSPS) is 22.3. The first-order valence-electron chi connectivity index (χ1n) is 19.1. The number of nitrogens with zero attached hydrogens (tertiary/aromatic N) is 2. The third-order valence-electron chi connectivity index (χ3n) is 10.9. The Kier molecular flexibility index (Phi) is 11.1. The molecule has 3 amide bonds. The molecule has 1 saturated heterocycles. The van der Waals surface area contributed by atoms with Crippen molar-refractivity contribution in [1.29, 1.82) is 0 Å². The molecule has 7 rings (SSSR count). The molecule has 1 aromatic heterocycles. The predicted octanol–water partition coefficient (Wildman–Crippen LogP) is 4.46. The standard InChI is InChI=1S/C42H46FN5O9S2/c1-6-26-23-42(26,40(51)47-59(54,55)31-17-18-31)45-38(49)35-21-29(24-48(35)39(50)37(41(2,3)4)46-58(52,53)30-15-12-27(43)13-16-30)57-36-22-33(25-10-8-7-9-11-25)44-34-20-28(56-5)14-19-32(34)36/h6-16,19-20,22,26,29,31,35,37,46H,1,17-18,21,23-24H2,2-5H3,(H,45,49)(H,47,51)/t26-,29?,35?,37-,42-/m1/s1. The number of rotatable bonds is 14. The van der Waals surface area contributed by atoms with Gasteiger partial charge in [0.15, 0.2) is 0 Å². The van der Waals surface area contributed by atoms with Crippen molar-refractivity contribution in [3.05, 3.63) is 97.3 Å². The molecule has 0 bridgehead atoms. The van der Waals surface area contributed by atoms with Gasteiger partial charge in [-0.2, -0.15) is 4.72 Å². The first-order chi connectivity index (χ1) is 27.8. The van der Waals surface area contributed by atoms with Crippen molar-refractivity contribution in [2.75, 3.05) is 13.7 Å². The SMILES string of the molecule is C=C[C@@H]1C[C@]1(NC(=O)C1CC(Oc2cc(-c3ccccc3)nc3cc(OC)ccc23)CN1C(=O)[C@@H](NS(=O)(=O)c1ccc(F)cc1)C(C)(C)C)C(=O)NS(=O)(=O)C1CC1. The van der Waals surface area contributed by atoms with Crippen molar-refractivity contribution < 1.29 is 45.1 Å². The van der Waals surface area contributed by atoms with Crippen LogP contribution < -0.4 is 24.2 Å². The summed E-state index contributed by atoms with van der Waals surface area (Å²) >= 11 is 0. The molecule has 2 saturated carbocycles. The van der Waals surface area contributed by atoms with E-state index in [4.69, 9.17) is 14.5 Å². The maximum Gasteiger partial charge on any atom is 0.259 e. The number of amides is 3. The molecule has 14 nitrogen and oxygen atoms in total. The molecule has 2 heterocycles. The summed E-state index contributed by atoms with van der Waals surface area (Å²) in [6.07, 6.45) is 1.44. The molecule has 59 heavy (non-hydrogen) atoms. The maximum atomic E-state index is 14.8. The molecule has 312 valence electrons. The number of hydrogen-bond donors (Lipinski definition) is 3. The molecule has 3 N–H and O–H groups in total. The summed E-state index contributed by atoms with van der Waals surface area (Å²) in [4.78, 5) is 48.7. The molecule has 2 aliphatic carbocycles. The highest BCUT2D eigenvalue weighted by atomic mass is 32.2. The summed E-state index contributed by atoms with van der Waals surface area (Å²) in [5, 5.41) is 2.68. The number of pyridine rings is 1. The summed E-state index contributed by atoms with van der Waals surface area (Å²) in [6, 6.07) is 17.9. The van der Waals surface area contributed by atoms with Gasteiger partial charge in [0, 0.05) is 35.4 Å². The molecular formula is C42H46FN5O9S2. The highest BCUT2D eigenvalue weighted by molar-refractivity contribution is 7.91. The Balaban J connectivity index is 1.24. The van der Waals surface area contributed by atoms with Crippen molar-refractivity contribution in [1.82, 2.24) is 24.6 Å². The number of benzene rings is 3. The maximum absolute atomic E-state index is 14.8. The highest BCUT2D eigenvalue weighted by Gasteiger charge is 2.62. The predicted molar refractivity (Wildman–Crippen MR) is 217 cm³/mol. The van der Waals surface area contributed by atoms with Crippen LogP contribution in [0, 0.1) is 17.2 Å². The van der Waals surface area contributed by atoms with Gasteiger partial charge in [-0.1, -0.05) is 57.2 Å². The molecule has 5 atom stereocenters. The van der Waals surface area contributed by atoms with E-state index in [1.807, 2.05) is 30.3 Å². The van der Waals surface area contributed by atoms with Gasteiger partial charge in [0.25, 0.3) is 5.91 Å². The lowest BCUT2D eigenvalue weighted by Crippen LogP contribution is -2.60. The average molecular weight is 848 g/mol. The van der Waals surface area contributed by atoms with Crippen molar-refractivity contribution in [3.8, 4) is 22.8 Å². The van der Waals surface area contributed by atoms with Gasteiger partial charge in [0.1, 0.15) is 41.0 Å². The lowest BCUT2D eigenvalue weighted by Gasteiger charge is -2.35. The van der Waals surface area contributed by atoms with E-state index in [1.54, 1.807) is 45.0 Å². The number of halogens is 1. The number of methoxy groups -OCH3 is 1. The fourth-order valence-electron chi connectivity index (χ4n) is 7.33. The van der Waals surface area contributed by atoms with E-state index in [0.717, 1.165) is 29.8 Å². The van der Waals surface area contributed by atoms with Crippen molar-refractivity contribution in [3.63, 3.8) is 0 Å². The van der Waals surface area contributed by atoms with E-state index >= 15 is 0 Å². The molecule has 17 heteroatoms. The van der Waals surface area contributed by atoms with Gasteiger partial charge in [-0.25, -0.2) is 26.2 Å². The summed E-state index contributed by atoms with van der Waals surface area (Å²) in [7, 11) is -6.82. The first kappa shape index (κ1) is 41.8. The monoisotopic (exact) mass is 847 g/mol. The van der Waals surface area contributed by atoms with Gasteiger partial charge in [0.2, 0.25) is 31.9 Å². The van der Waals surface area contributed by atoms with E-state index < -0.39 is 83.9 Å². The number of carbonyl (C=O) groups excluding carboxylic acids is 3. The second-order valence-electron chi connectivity index (χ2n) is 16.3. The van der Waals surface area contributed by atoms with Crippen LogP contribution in [0.5, 0.6) is 11.5 Å². The zero-order valence-electron chi connectivity index (χ0n) is 33.0. The highest BCUT2D eigenvalue weighted by Crippen LogP contribution is 2.46. The molecule has 0 spiro atoms. The summed E-state index contributed by atoms with van der Waals surface area (Å²) in [5.41, 5.74) is -0.757. The lowest BCUT2D eigenvalue weighted by molar-refractivity contribution is -0.142. The van der Waals surface area contributed by atoms with E-state index in [1.165, 1.54) is 18.1 Å². The Bertz CT molecular complexity index is 2530. The van der Waals surface area contributed by atoms with E-state index in [9.17, 15) is 35.6 Å². The molecule has 4 aromatic rings. The third-order valence-corrected chi connectivity index (χ3v) is 14.2. The molecule has 3 aliphatic rings. The fraction of sp³-hybridized carbons (Fsp3) is 0.381. The lowest BCUT2D eigenvalue weighted by atomic mass is 9.86. The van der Waals surface area contributed by atoms with Gasteiger partial charge >= 0.3 is 0 Å². The number of hydrogen-bond acceptors (Lipinski definition) is 10. The molecule has 2 unspecified atom stereocenters. The second kappa shape index (κ2) is 15.7. The molecule has 0 radical (unpaired) electrons. The van der Waals surface area contributed by atoms with Crippen molar-refractivity contribution >= 4 is 48.7 Å². The van der Waals surface area contributed by atoms with Crippen LogP contribution in [0.25, 0.3) is 22.2 Å². The Morgan fingerprint density at radius 2 is 1.69 bits per heavy atom. The number of likely N-dealkylation sites (tertiary alicyclic amines) is 1. The van der Waals surface area contributed by atoms with Crippen LogP contribution in [-0.4, -0.2) is 87.1 Å². The van der Waals surface area contributed by atoms with Crippen LogP contribution in [0.15, 0.2) is 96.4 Å². The molecule has 3 aromatic carbocycles. The van der Waals surface area contributed by atoms with Crippen LogP contribution >= 0.6 is 0 Å². The van der Waals surface area contributed by atoms with E-state index in [2.05, 4.69) is 21.3 Å². The first-order valence-corrected chi connectivity index (χ1v) is 22.2. The minimum Gasteiger partial charge on any atom is -0.497 e. The Labute approximate surface area is 342 Å². The van der Waals surface area contributed by atoms with Crippen LogP contribution in [0.4, 0.5) is 4.39 Å². The number of sulfonamides is 2. The second-order valence-corrected chi connectivity index (χ2v) is 20.0. The van der Waals surface area contributed by atoms with Crippen molar-refractivity contribution in [2.45, 2.75) is 80.3 Å². The number of fused-ring (bicyclic) bond motifs is 1. The largest absolute Gasteiger partial charge is 0.497 e. The molecular weight excluding hydrogens is 802 g/mol. The Morgan fingerprint density at radius 1 is 1.00 bits per heavy atom. The quantitative estimate of drug-likeness (QED) is 0.153. The number of nitrogens with one attached hydrogen (secondary N) is 3. The smallest absolute Gasteiger partial charge is 0.259 e. The fourth-order valence-corrected chi connectivity index (χ4v) is 10.1. The van der Waals surface area contributed by atoms with Gasteiger partial charge in [-0.15, -0.1) is 6.58 Å². The summed E-state index contributed by atoms with van der Waals surface area (Å²) in [5.74, 6) is -2.71. The number of carbonyl (C=O) groups is 3. The van der Waals surface area contributed by atoms with Crippen LogP contribution in [0.2, 0.25) is 0 Å². The van der Waals surface area contributed by atoms with Crippen LogP contribution in [-0.2, 0) is 34.4 Å². The zero-order valence-corrected chi connectivity index (χ0v) is 34.6. The zero-order chi connectivity index (χ0) is 42.5. The summed E-state index contributed by atoms with van der Waals surface area (Å²) in [6.45, 7) is 8.55. The van der Waals surface area contributed by atoms with E-state index in [0.29, 0.717) is 40.9 Å². The summed E-state index contributed by atoms with van der Waals surface area (Å²) < 4.78 is 83.3. The minimum atomic E-state index is -4.39.